The fourth-order valence-corrected chi connectivity index (χ4v) is 1.27. The second-order valence-corrected chi connectivity index (χ2v) is 2.86. The minimum atomic E-state index is -0.343. The molecule has 0 atom stereocenters. The molecule has 0 fully saturated rings. The number of halogens is 1. The Morgan fingerprint density at radius 2 is 2.23 bits per heavy atom. The lowest BCUT2D eigenvalue weighted by Gasteiger charge is -1.99. The van der Waals surface area contributed by atoms with E-state index < -0.39 is 0 Å². The van der Waals surface area contributed by atoms with Gasteiger partial charge in [0.25, 0.3) is 5.56 Å². The van der Waals surface area contributed by atoms with Gasteiger partial charge in [0.2, 0.25) is 0 Å². The number of aromatic nitrogens is 2. The Hall–Kier alpha value is -1.71. The van der Waals surface area contributed by atoms with Crippen LogP contribution in [-0.2, 0) is 0 Å². The predicted octanol–water partition coefficient (Wildman–Crippen LogP) is 1.37. The SMILES string of the molecule is Cc1cc(F)cc2ncc(=O)[nH]c12. The Bertz CT molecular complexity index is 518. The number of aryl methyl sites for hydroxylation is 1. The molecule has 2 rings (SSSR count). The summed E-state index contributed by atoms with van der Waals surface area (Å²) < 4.78 is 12.9. The molecule has 1 N–H and O–H groups in total. The number of rotatable bonds is 0. The van der Waals surface area contributed by atoms with Gasteiger partial charge in [-0.2, -0.15) is 0 Å². The number of aromatic amines is 1. The smallest absolute Gasteiger partial charge is 0.266 e. The summed E-state index contributed by atoms with van der Waals surface area (Å²) in [6.45, 7) is 1.73. The second-order valence-electron chi connectivity index (χ2n) is 2.86. The Morgan fingerprint density at radius 1 is 1.46 bits per heavy atom. The molecule has 3 nitrogen and oxygen atoms in total. The van der Waals surface area contributed by atoms with Crippen molar-refractivity contribution in [2.75, 3.05) is 0 Å². The standard InChI is InChI=1S/C9H7FN2O/c1-5-2-6(10)3-7-9(5)12-8(13)4-11-7/h2-4H,1H3,(H,12,13). The van der Waals surface area contributed by atoms with Crippen molar-refractivity contribution in [3.05, 3.63) is 40.1 Å². The molecule has 0 saturated heterocycles. The van der Waals surface area contributed by atoms with Crippen LogP contribution in [0.2, 0.25) is 0 Å². The third-order valence-electron chi connectivity index (χ3n) is 1.85. The fourth-order valence-electron chi connectivity index (χ4n) is 1.27. The maximum atomic E-state index is 12.9. The van der Waals surface area contributed by atoms with Crippen LogP contribution >= 0.6 is 0 Å². The van der Waals surface area contributed by atoms with Gasteiger partial charge in [0, 0.05) is 6.07 Å². The van der Waals surface area contributed by atoms with Gasteiger partial charge in [-0.05, 0) is 18.6 Å². The van der Waals surface area contributed by atoms with Crippen LogP contribution in [0.3, 0.4) is 0 Å². The van der Waals surface area contributed by atoms with E-state index in [4.69, 9.17) is 0 Å². The Labute approximate surface area is 73.2 Å². The average Bonchev–Trinajstić information content (AvgIpc) is 2.06. The number of nitrogens with one attached hydrogen (secondary N) is 1. The first-order valence-corrected chi connectivity index (χ1v) is 3.82. The van der Waals surface area contributed by atoms with Crippen LogP contribution in [0.25, 0.3) is 11.0 Å². The first kappa shape index (κ1) is 7.91. The molecule has 0 amide bonds. The summed E-state index contributed by atoms with van der Waals surface area (Å²) in [6, 6.07) is 2.65. The van der Waals surface area contributed by atoms with E-state index in [9.17, 15) is 9.18 Å². The van der Waals surface area contributed by atoms with Crippen LogP contribution in [0.4, 0.5) is 4.39 Å². The Balaban J connectivity index is 2.95. The van der Waals surface area contributed by atoms with Crippen LogP contribution in [0.1, 0.15) is 5.56 Å². The number of nitrogens with zero attached hydrogens (tertiary/aromatic N) is 1. The van der Waals surface area contributed by atoms with Gasteiger partial charge in [0.1, 0.15) is 5.82 Å². The summed E-state index contributed by atoms with van der Waals surface area (Å²) in [4.78, 5) is 17.3. The molecule has 0 aliphatic heterocycles. The highest BCUT2D eigenvalue weighted by molar-refractivity contribution is 5.77. The summed E-state index contributed by atoms with van der Waals surface area (Å²) in [6.07, 6.45) is 1.14. The molecule has 1 aromatic heterocycles. The number of H-pyrrole nitrogens is 1. The van der Waals surface area contributed by atoms with Crippen LogP contribution in [0.15, 0.2) is 23.1 Å². The van der Waals surface area contributed by atoms with E-state index >= 15 is 0 Å². The highest BCUT2D eigenvalue weighted by Gasteiger charge is 2.01. The zero-order chi connectivity index (χ0) is 9.42. The number of hydrogen-bond acceptors (Lipinski definition) is 2. The Morgan fingerprint density at radius 3 is 3.00 bits per heavy atom. The lowest BCUT2D eigenvalue weighted by molar-refractivity contribution is 0.628. The van der Waals surface area contributed by atoms with Gasteiger partial charge in [0.15, 0.2) is 0 Å². The molecule has 0 spiro atoms. The van der Waals surface area contributed by atoms with Crippen molar-refractivity contribution in [3.8, 4) is 0 Å². The first-order valence-electron chi connectivity index (χ1n) is 3.82. The van der Waals surface area contributed by atoms with Crippen molar-refractivity contribution in [3.63, 3.8) is 0 Å². The third-order valence-corrected chi connectivity index (χ3v) is 1.85. The molecular formula is C9H7FN2O. The quantitative estimate of drug-likeness (QED) is 0.662. The van der Waals surface area contributed by atoms with E-state index in [2.05, 4.69) is 9.97 Å². The molecule has 66 valence electrons. The van der Waals surface area contributed by atoms with E-state index in [1.54, 1.807) is 6.92 Å². The number of fused-ring (bicyclic) bond motifs is 1. The predicted molar refractivity (Wildman–Crippen MR) is 47.1 cm³/mol. The maximum absolute atomic E-state index is 12.9. The van der Waals surface area contributed by atoms with E-state index in [0.717, 1.165) is 6.20 Å². The monoisotopic (exact) mass is 178 g/mol. The fraction of sp³-hybridized carbons (Fsp3) is 0.111. The van der Waals surface area contributed by atoms with Crippen LogP contribution in [0, 0.1) is 12.7 Å². The number of hydrogen-bond donors (Lipinski definition) is 1. The molecule has 0 radical (unpaired) electrons. The van der Waals surface area contributed by atoms with Crippen molar-refractivity contribution >= 4 is 11.0 Å². The molecule has 1 heterocycles. The van der Waals surface area contributed by atoms with Gasteiger partial charge in [0.05, 0.1) is 17.2 Å². The summed E-state index contributed by atoms with van der Waals surface area (Å²) in [5.74, 6) is -0.343. The molecule has 0 bridgehead atoms. The maximum Gasteiger partial charge on any atom is 0.266 e. The van der Waals surface area contributed by atoms with E-state index in [-0.39, 0.29) is 11.4 Å². The summed E-state index contributed by atoms with van der Waals surface area (Å²) >= 11 is 0. The zero-order valence-electron chi connectivity index (χ0n) is 6.97. The summed E-state index contributed by atoms with van der Waals surface area (Å²) in [5, 5.41) is 0. The van der Waals surface area contributed by atoms with Crippen molar-refractivity contribution < 1.29 is 4.39 Å². The van der Waals surface area contributed by atoms with E-state index in [1.165, 1.54) is 12.1 Å². The normalized spacial score (nSPS) is 10.6. The van der Waals surface area contributed by atoms with Crippen molar-refractivity contribution in [1.82, 2.24) is 9.97 Å². The average molecular weight is 178 g/mol. The molecule has 0 aliphatic carbocycles. The van der Waals surface area contributed by atoms with Crippen LogP contribution in [-0.4, -0.2) is 9.97 Å². The highest BCUT2D eigenvalue weighted by atomic mass is 19.1. The zero-order valence-corrected chi connectivity index (χ0v) is 6.97. The Kier molecular flexibility index (Phi) is 1.62. The van der Waals surface area contributed by atoms with Gasteiger partial charge < -0.3 is 4.98 Å². The molecule has 2 aromatic rings. The lowest BCUT2D eigenvalue weighted by atomic mass is 10.2. The van der Waals surface area contributed by atoms with Crippen molar-refractivity contribution in [1.29, 1.82) is 0 Å². The van der Waals surface area contributed by atoms with E-state index in [1.807, 2.05) is 0 Å². The first-order chi connectivity index (χ1) is 6.16. The minimum Gasteiger partial charge on any atom is -0.319 e. The molecular weight excluding hydrogens is 171 g/mol. The summed E-state index contributed by atoms with van der Waals surface area (Å²) in [7, 11) is 0. The van der Waals surface area contributed by atoms with Gasteiger partial charge in [-0.25, -0.2) is 9.37 Å². The van der Waals surface area contributed by atoms with Gasteiger partial charge in [-0.15, -0.1) is 0 Å². The van der Waals surface area contributed by atoms with E-state index in [0.29, 0.717) is 16.6 Å². The topological polar surface area (TPSA) is 45.8 Å². The minimum absolute atomic E-state index is 0.276. The molecule has 4 heteroatoms. The number of benzene rings is 1. The van der Waals surface area contributed by atoms with Crippen LogP contribution in [0.5, 0.6) is 0 Å². The van der Waals surface area contributed by atoms with Crippen LogP contribution < -0.4 is 5.56 Å². The van der Waals surface area contributed by atoms with Crippen molar-refractivity contribution in [2.45, 2.75) is 6.92 Å². The van der Waals surface area contributed by atoms with Crippen molar-refractivity contribution in [2.24, 2.45) is 0 Å². The molecule has 0 aliphatic rings. The third kappa shape index (κ3) is 1.30. The molecule has 0 unspecified atom stereocenters. The lowest BCUT2D eigenvalue weighted by Crippen LogP contribution is -2.05. The van der Waals surface area contributed by atoms with Gasteiger partial charge in [-0.3, -0.25) is 4.79 Å². The van der Waals surface area contributed by atoms with Gasteiger partial charge in [-0.1, -0.05) is 0 Å². The summed E-state index contributed by atoms with van der Waals surface area (Å²) in [5.41, 5.74) is 1.47. The molecule has 0 saturated carbocycles. The molecule has 1 aromatic carbocycles. The molecule has 13 heavy (non-hydrogen) atoms. The largest absolute Gasteiger partial charge is 0.319 e. The van der Waals surface area contributed by atoms with Gasteiger partial charge >= 0.3 is 0 Å². The highest BCUT2D eigenvalue weighted by Crippen LogP contribution is 2.13. The second kappa shape index (κ2) is 2.65.